The standard InChI is InChI=1S/C16H11N3/c1-2-7-14(8-3-1)19-16-13(11-17-19)10-12-6-4-5-9-15(12)18-16/h1-11H. The van der Waals surface area contributed by atoms with Crippen LogP contribution < -0.4 is 0 Å². The van der Waals surface area contributed by atoms with E-state index in [0.717, 1.165) is 27.6 Å². The van der Waals surface area contributed by atoms with Crippen LogP contribution in [0.3, 0.4) is 0 Å². The Kier molecular flexibility index (Phi) is 2.12. The molecule has 2 aromatic heterocycles. The molecule has 0 amide bonds. The zero-order valence-electron chi connectivity index (χ0n) is 10.2. The summed E-state index contributed by atoms with van der Waals surface area (Å²) in [5.41, 5.74) is 2.91. The van der Waals surface area contributed by atoms with Gasteiger partial charge in [-0.2, -0.15) is 5.10 Å². The maximum Gasteiger partial charge on any atom is 0.163 e. The van der Waals surface area contributed by atoms with Crippen molar-refractivity contribution in [2.24, 2.45) is 0 Å². The molecule has 0 bridgehead atoms. The van der Waals surface area contributed by atoms with Crippen LogP contribution in [0.15, 0.2) is 66.9 Å². The molecule has 0 aliphatic rings. The summed E-state index contributed by atoms with van der Waals surface area (Å²) in [5.74, 6) is 0. The zero-order chi connectivity index (χ0) is 12.7. The van der Waals surface area contributed by atoms with Crippen molar-refractivity contribution in [3.05, 3.63) is 66.9 Å². The first-order valence-electron chi connectivity index (χ1n) is 6.21. The summed E-state index contributed by atoms with van der Waals surface area (Å²) in [7, 11) is 0. The van der Waals surface area contributed by atoms with Gasteiger partial charge in [0.05, 0.1) is 17.4 Å². The number of hydrogen-bond acceptors (Lipinski definition) is 2. The predicted molar refractivity (Wildman–Crippen MR) is 76.4 cm³/mol. The Morgan fingerprint density at radius 2 is 1.58 bits per heavy atom. The summed E-state index contributed by atoms with van der Waals surface area (Å²) in [5, 5.41) is 6.64. The van der Waals surface area contributed by atoms with Crippen molar-refractivity contribution in [2.45, 2.75) is 0 Å². The second-order valence-corrected chi connectivity index (χ2v) is 4.49. The topological polar surface area (TPSA) is 30.7 Å². The average Bonchev–Trinajstić information content (AvgIpc) is 2.88. The number of aromatic nitrogens is 3. The van der Waals surface area contributed by atoms with Gasteiger partial charge in [-0.05, 0) is 24.3 Å². The van der Waals surface area contributed by atoms with E-state index in [1.165, 1.54) is 0 Å². The fourth-order valence-electron chi connectivity index (χ4n) is 2.32. The molecule has 0 atom stereocenters. The number of rotatable bonds is 1. The minimum absolute atomic E-state index is 0.893. The van der Waals surface area contributed by atoms with E-state index < -0.39 is 0 Å². The van der Waals surface area contributed by atoms with Crippen LogP contribution in [0.2, 0.25) is 0 Å². The van der Waals surface area contributed by atoms with Gasteiger partial charge in [-0.3, -0.25) is 0 Å². The number of hydrogen-bond donors (Lipinski definition) is 0. The Bertz CT molecular complexity index is 863. The lowest BCUT2D eigenvalue weighted by Gasteiger charge is -2.03. The molecule has 3 nitrogen and oxygen atoms in total. The summed E-state index contributed by atoms with van der Waals surface area (Å²) in [6.45, 7) is 0. The van der Waals surface area contributed by atoms with E-state index in [0.29, 0.717) is 0 Å². The van der Waals surface area contributed by atoms with Crippen LogP contribution in [0, 0.1) is 0 Å². The van der Waals surface area contributed by atoms with Crippen LogP contribution in [-0.4, -0.2) is 14.8 Å². The van der Waals surface area contributed by atoms with Gasteiger partial charge in [0.15, 0.2) is 5.65 Å². The van der Waals surface area contributed by atoms with Crippen LogP contribution in [0.5, 0.6) is 0 Å². The van der Waals surface area contributed by atoms with Gasteiger partial charge in [-0.25, -0.2) is 9.67 Å². The summed E-state index contributed by atoms with van der Waals surface area (Å²) >= 11 is 0. The van der Waals surface area contributed by atoms with Gasteiger partial charge in [0.1, 0.15) is 0 Å². The Hall–Kier alpha value is -2.68. The third kappa shape index (κ3) is 1.59. The summed E-state index contributed by atoms with van der Waals surface area (Å²) in [4.78, 5) is 4.71. The lowest BCUT2D eigenvalue weighted by atomic mass is 10.2. The molecule has 3 heteroatoms. The molecule has 0 N–H and O–H groups in total. The molecule has 0 unspecified atom stereocenters. The molecule has 2 aromatic carbocycles. The van der Waals surface area contributed by atoms with Crippen LogP contribution in [0.25, 0.3) is 27.6 Å². The van der Waals surface area contributed by atoms with Gasteiger partial charge in [0.2, 0.25) is 0 Å². The average molecular weight is 245 g/mol. The second-order valence-electron chi connectivity index (χ2n) is 4.49. The van der Waals surface area contributed by atoms with Crippen LogP contribution in [-0.2, 0) is 0 Å². The number of pyridine rings is 1. The molecule has 0 aliphatic carbocycles. The van der Waals surface area contributed by atoms with Gasteiger partial charge >= 0.3 is 0 Å². The molecular weight excluding hydrogens is 234 g/mol. The highest BCUT2D eigenvalue weighted by atomic mass is 15.3. The highest BCUT2D eigenvalue weighted by Crippen LogP contribution is 2.21. The van der Waals surface area contributed by atoms with Gasteiger partial charge < -0.3 is 0 Å². The Labute approximate surface area is 110 Å². The largest absolute Gasteiger partial charge is 0.228 e. The van der Waals surface area contributed by atoms with Crippen molar-refractivity contribution in [3.63, 3.8) is 0 Å². The molecule has 0 saturated heterocycles. The highest BCUT2D eigenvalue weighted by molar-refractivity contribution is 5.91. The Morgan fingerprint density at radius 1 is 0.789 bits per heavy atom. The first-order valence-corrected chi connectivity index (χ1v) is 6.21. The minimum Gasteiger partial charge on any atom is -0.228 e. The molecule has 19 heavy (non-hydrogen) atoms. The van der Waals surface area contributed by atoms with Gasteiger partial charge in [0.25, 0.3) is 0 Å². The molecule has 0 aliphatic heterocycles. The molecule has 90 valence electrons. The van der Waals surface area contributed by atoms with E-state index in [1.54, 1.807) is 0 Å². The molecule has 0 fully saturated rings. The van der Waals surface area contributed by atoms with E-state index in [1.807, 2.05) is 59.4 Å². The molecule has 0 spiro atoms. The van der Waals surface area contributed by atoms with Crippen molar-refractivity contribution < 1.29 is 0 Å². The van der Waals surface area contributed by atoms with Crippen molar-refractivity contribution >= 4 is 21.9 Å². The van der Waals surface area contributed by atoms with Gasteiger partial charge in [-0.1, -0.05) is 36.4 Å². The van der Waals surface area contributed by atoms with Crippen molar-refractivity contribution in [3.8, 4) is 5.69 Å². The van der Waals surface area contributed by atoms with Crippen LogP contribution in [0.1, 0.15) is 0 Å². The molecule has 2 heterocycles. The highest BCUT2D eigenvalue weighted by Gasteiger charge is 2.07. The summed E-state index contributed by atoms with van der Waals surface area (Å²) < 4.78 is 1.88. The number of benzene rings is 2. The van der Waals surface area contributed by atoms with Crippen molar-refractivity contribution in [1.82, 2.24) is 14.8 Å². The maximum absolute atomic E-state index is 4.71. The monoisotopic (exact) mass is 245 g/mol. The SMILES string of the molecule is c1ccc(-n2ncc3cc4ccccc4nc32)cc1. The molecule has 0 saturated carbocycles. The smallest absolute Gasteiger partial charge is 0.163 e. The van der Waals surface area contributed by atoms with Gasteiger partial charge in [0, 0.05) is 10.8 Å². The van der Waals surface area contributed by atoms with Crippen molar-refractivity contribution in [1.29, 1.82) is 0 Å². The third-order valence-electron chi connectivity index (χ3n) is 3.25. The van der Waals surface area contributed by atoms with E-state index in [9.17, 15) is 0 Å². The van der Waals surface area contributed by atoms with Crippen LogP contribution >= 0.6 is 0 Å². The lowest BCUT2D eigenvalue weighted by Crippen LogP contribution is -1.97. The minimum atomic E-state index is 0.893. The first kappa shape index (κ1) is 10.3. The zero-order valence-corrected chi connectivity index (χ0v) is 10.2. The lowest BCUT2D eigenvalue weighted by molar-refractivity contribution is 0.899. The fourth-order valence-corrected chi connectivity index (χ4v) is 2.32. The number of para-hydroxylation sites is 2. The van der Waals surface area contributed by atoms with E-state index >= 15 is 0 Å². The van der Waals surface area contributed by atoms with E-state index in [-0.39, 0.29) is 0 Å². The van der Waals surface area contributed by atoms with Gasteiger partial charge in [-0.15, -0.1) is 0 Å². The fraction of sp³-hybridized carbons (Fsp3) is 0. The molecule has 4 rings (SSSR count). The third-order valence-corrected chi connectivity index (χ3v) is 3.25. The number of nitrogens with zero attached hydrogens (tertiary/aromatic N) is 3. The maximum atomic E-state index is 4.71. The summed E-state index contributed by atoms with van der Waals surface area (Å²) in [6.07, 6.45) is 1.86. The Morgan fingerprint density at radius 3 is 2.47 bits per heavy atom. The predicted octanol–water partition coefficient (Wildman–Crippen LogP) is 3.57. The Balaban J connectivity index is 2.05. The second kappa shape index (κ2) is 3.92. The van der Waals surface area contributed by atoms with E-state index in [4.69, 9.17) is 4.98 Å². The molecule has 4 aromatic rings. The first-order chi connectivity index (χ1) is 9.42. The number of fused-ring (bicyclic) bond motifs is 2. The van der Waals surface area contributed by atoms with Crippen LogP contribution in [0.4, 0.5) is 0 Å². The van der Waals surface area contributed by atoms with E-state index in [2.05, 4.69) is 17.2 Å². The van der Waals surface area contributed by atoms with Crippen molar-refractivity contribution in [2.75, 3.05) is 0 Å². The summed E-state index contributed by atoms with van der Waals surface area (Å²) in [6, 6.07) is 20.3. The molecular formula is C16H11N3. The molecule has 0 radical (unpaired) electrons. The quantitative estimate of drug-likeness (QED) is 0.513. The normalized spacial score (nSPS) is 11.2.